The van der Waals surface area contributed by atoms with Crippen molar-refractivity contribution in [2.24, 2.45) is 29.6 Å². The molecule has 1 aromatic rings. The molecular weight excluding hydrogens is 368 g/mol. The monoisotopic (exact) mass is 412 g/mol. The van der Waals surface area contributed by atoms with E-state index in [9.17, 15) is 4.79 Å². The van der Waals surface area contributed by atoms with E-state index in [1.54, 1.807) is 0 Å². The molecule has 2 heteroatoms. The van der Waals surface area contributed by atoms with Gasteiger partial charge in [-0.05, 0) is 86.3 Å². The third kappa shape index (κ3) is 6.86. The number of esters is 1. The van der Waals surface area contributed by atoms with Crippen LogP contribution >= 0.6 is 0 Å². The molecule has 0 heterocycles. The lowest BCUT2D eigenvalue weighted by molar-refractivity contribution is -0.140. The second-order valence-electron chi connectivity index (χ2n) is 10.3. The minimum atomic E-state index is -0.00796. The molecule has 0 bridgehead atoms. The fourth-order valence-electron chi connectivity index (χ4n) is 5.71. The van der Waals surface area contributed by atoms with E-state index in [2.05, 4.69) is 32.9 Å². The highest BCUT2D eigenvalue weighted by Crippen LogP contribution is 2.42. The van der Waals surface area contributed by atoms with Crippen LogP contribution in [0.1, 0.15) is 103 Å². The van der Waals surface area contributed by atoms with Crippen LogP contribution < -0.4 is 4.74 Å². The van der Waals surface area contributed by atoms with Crippen LogP contribution in [0.4, 0.5) is 0 Å². The number of rotatable bonds is 9. The van der Waals surface area contributed by atoms with Gasteiger partial charge in [0.1, 0.15) is 5.75 Å². The van der Waals surface area contributed by atoms with E-state index in [0.717, 1.165) is 37.0 Å². The van der Waals surface area contributed by atoms with E-state index >= 15 is 0 Å². The molecular formula is C28H44O2. The molecule has 0 aromatic heterocycles. The minimum Gasteiger partial charge on any atom is -0.426 e. The largest absolute Gasteiger partial charge is 0.426 e. The fraction of sp³-hybridized carbons (Fsp3) is 0.750. The zero-order valence-electron chi connectivity index (χ0n) is 19.7. The summed E-state index contributed by atoms with van der Waals surface area (Å²) < 4.78 is 5.73. The summed E-state index contributed by atoms with van der Waals surface area (Å²) in [5, 5.41) is 0. The molecule has 2 aliphatic carbocycles. The number of hydrogen-bond donors (Lipinski definition) is 0. The molecule has 0 saturated heterocycles. The summed E-state index contributed by atoms with van der Waals surface area (Å²) in [6, 6.07) is 8.17. The van der Waals surface area contributed by atoms with Crippen LogP contribution in [0.5, 0.6) is 5.75 Å². The first-order chi connectivity index (χ1) is 14.6. The van der Waals surface area contributed by atoms with Crippen molar-refractivity contribution < 1.29 is 9.53 Å². The molecule has 168 valence electrons. The Bertz CT molecular complexity index is 619. The molecule has 0 N–H and O–H groups in total. The van der Waals surface area contributed by atoms with Crippen molar-refractivity contribution in [3.05, 3.63) is 29.8 Å². The van der Waals surface area contributed by atoms with Crippen molar-refractivity contribution in [3.63, 3.8) is 0 Å². The van der Waals surface area contributed by atoms with Crippen LogP contribution in [0.25, 0.3) is 0 Å². The Morgan fingerprint density at radius 2 is 1.53 bits per heavy atom. The standard InChI is InChI=1S/C28H44O2/c1-4-6-7-22-8-12-24(13-9-22)25-14-16-26(17-15-25)28(29)30-27-18-10-23(11-19-27)20-21(3)5-2/h10-11,18-19,21-22,24-26H,4-9,12-17,20H2,1-3H3. The molecule has 2 aliphatic rings. The highest BCUT2D eigenvalue weighted by molar-refractivity contribution is 5.75. The van der Waals surface area contributed by atoms with Crippen LogP contribution in [0.15, 0.2) is 24.3 Å². The number of hydrogen-bond acceptors (Lipinski definition) is 2. The Morgan fingerprint density at radius 1 is 0.933 bits per heavy atom. The third-order valence-electron chi connectivity index (χ3n) is 8.05. The lowest BCUT2D eigenvalue weighted by Crippen LogP contribution is -2.30. The van der Waals surface area contributed by atoms with Crippen LogP contribution in [-0.4, -0.2) is 5.97 Å². The Kier molecular flexibility index (Phi) is 9.27. The van der Waals surface area contributed by atoms with E-state index in [4.69, 9.17) is 4.74 Å². The highest BCUT2D eigenvalue weighted by Gasteiger charge is 2.33. The van der Waals surface area contributed by atoms with Gasteiger partial charge in [-0.3, -0.25) is 4.79 Å². The topological polar surface area (TPSA) is 26.3 Å². The van der Waals surface area contributed by atoms with E-state index in [0.29, 0.717) is 11.7 Å². The fourth-order valence-corrected chi connectivity index (χ4v) is 5.71. The summed E-state index contributed by atoms with van der Waals surface area (Å²) in [6.07, 6.45) is 16.7. The van der Waals surface area contributed by atoms with Crippen LogP contribution in [0.3, 0.4) is 0 Å². The van der Waals surface area contributed by atoms with Gasteiger partial charge < -0.3 is 4.74 Å². The van der Waals surface area contributed by atoms with Gasteiger partial charge in [-0.25, -0.2) is 0 Å². The van der Waals surface area contributed by atoms with E-state index in [1.807, 2.05) is 12.1 Å². The summed E-state index contributed by atoms with van der Waals surface area (Å²) in [6.45, 7) is 6.81. The smallest absolute Gasteiger partial charge is 0.314 e. The average Bonchev–Trinajstić information content (AvgIpc) is 2.79. The highest BCUT2D eigenvalue weighted by atomic mass is 16.5. The third-order valence-corrected chi connectivity index (χ3v) is 8.05. The van der Waals surface area contributed by atoms with Crippen molar-refractivity contribution >= 4 is 5.97 Å². The Morgan fingerprint density at radius 3 is 2.10 bits per heavy atom. The van der Waals surface area contributed by atoms with Gasteiger partial charge in [0.2, 0.25) is 0 Å². The van der Waals surface area contributed by atoms with E-state index < -0.39 is 0 Å². The first-order valence-electron chi connectivity index (χ1n) is 12.9. The molecule has 2 nitrogen and oxygen atoms in total. The lowest BCUT2D eigenvalue weighted by atomic mass is 9.68. The lowest BCUT2D eigenvalue weighted by Gasteiger charge is -2.37. The number of benzene rings is 1. The van der Waals surface area contributed by atoms with Gasteiger partial charge in [-0.1, -0.05) is 71.4 Å². The van der Waals surface area contributed by atoms with Crippen LogP contribution in [-0.2, 0) is 11.2 Å². The summed E-state index contributed by atoms with van der Waals surface area (Å²) in [5.74, 6) is 4.25. The molecule has 0 spiro atoms. The molecule has 0 aliphatic heterocycles. The molecule has 3 rings (SSSR count). The molecule has 0 amide bonds. The second-order valence-corrected chi connectivity index (χ2v) is 10.3. The van der Waals surface area contributed by atoms with Gasteiger partial charge in [0, 0.05) is 0 Å². The predicted molar refractivity (Wildman–Crippen MR) is 126 cm³/mol. The number of carbonyl (C=O) groups is 1. The normalized spacial score (nSPS) is 28.1. The first kappa shape index (κ1) is 23.4. The molecule has 2 fully saturated rings. The second kappa shape index (κ2) is 11.9. The Balaban J connectivity index is 1.39. The van der Waals surface area contributed by atoms with Gasteiger partial charge >= 0.3 is 5.97 Å². The number of ether oxygens (including phenoxy) is 1. The molecule has 0 radical (unpaired) electrons. The summed E-state index contributed by atoms with van der Waals surface area (Å²) in [7, 11) is 0. The maximum absolute atomic E-state index is 12.7. The average molecular weight is 413 g/mol. The van der Waals surface area contributed by atoms with Crippen molar-refractivity contribution in [1.29, 1.82) is 0 Å². The van der Waals surface area contributed by atoms with Crippen molar-refractivity contribution in [1.82, 2.24) is 0 Å². The van der Waals surface area contributed by atoms with Gasteiger partial charge in [0.15, 0.2) is 0 Å². The zero-order chi connectivity index (χ0) is 21.3. The van der Waals surface area contributed by atoms with Crippen molar-refractivity contribution in [2.75, 3.05) is 0 Å². The maximum atomic E-state index is 12.7. The van der Waals surface area contributed by atoms with Crippen molar-refractivity contribution in [2.45, 2.75) is 104 Å². The first-order valence-corrected chi connectivity index (χ1v) is 12.9. The predicted octanol–water partition coefficient (Wildman–Crippen LogP) is 7.98. The quantitative estimate of drug-likeness (QED) is 0.303. The van der Waals surface area contributed by atoms with E-state index in [-0.39, 0.29) is 11.9 Å². The van der Waals surface area contributed by atoms with Gasteiger partial charge in [0.25, 0.3) is 0 Å². The van der Waals surface area contributed by atoms with Crippen molar-refractivity contribution in [3.8, 4) is 5.75 Å². The zero-order valence-corrected chi connectivity index (χ0v) is 19.7. The van der Waals surface area contributed by atoms with Crippen LogP contribution in [0, 0.1) is 29.6 Å². The molecule has 2 saturated carbocycles. The van der Waals surface area contributed by atoms with Gasteiger partial charge in [-0.15, -0.1) is 0 Å². The van der Waals surface area contributed by atoms with Gasteiger partial charge in [0.05, 0.1) is 5.92 Å². The molecule has 1 atom stereocenters. The summed E-state index contributed by atoms with van der Waals surface area (Å²) in [4.78, 5) is 12.7. The minimum absolute atomic E-state index is 0.00796. The molecule has 30 heavy (non-hydrogen) atoms. The molecule has 1 aromatic carbocycles. The number of unbranched alkanes of at least 4 members (excludes halogenated alkanes) is 1. The Labute approximate surface area is 185 Å². The van der Waals surface area contributed by atoms with Gasteiger partial charge in [-0.2, -0.15) is 0 Å². The maximum Gasteiger partial charge on any atom is 0.314 e. The number of carbonyl (C=O) groups excluding carboxylic acids is 1. The SMILES string of the molecule is CCCCC1CCC(C2CCC(C(=O)Oc3ccc(CC(C)CC)cc3)CC2)CC1. The summed E-state index contributed by atoms with van der Waals surface area (Å²) in [5.41, 5.74) is 1.33. The Hall–Kier alpha value is -1.31. The molecule has 1 unspecified atom stereocenters. The summed E-state index contributed by atoms with van der Waals surface area (Å²) >= 11 is 0. The van der Waals surface area contributed by atoms with Crippen LogP contribution in [0.2, 0.25) is 0 Å². The van der Waals surface area contributed by atoms with E-state index in [1.165, 1.54) is 69.8 Å².